The molecule has 0 aromatic heterocycles. The SMILES string of the molecule is N[C@H](C(=O)O)[C@H]1[C@H](C(=O)O)C1(F)F. The van der Waals surface area contributed by atoms with Crippen LogP contribution in [0.5, 0.6) is 0 Å². The van der Waals surface area contributed by atoms with Crippen LogP contribution in [-0.4, -0.2) is 34.1 Å². The maximum Gasteiger partial charge on any atom is 0.321 e. The van der Waals surface area contributed by atoms with Gasteiger partial charge in [0.2, 0.25) is 0 Å². The Kier molecular flexibility index (Phi) is 1.99. The van der Waals surface area contributed by atoms with Crippen molar-refractivity contribution in [2.24, 2.45) is 17.6 Å². The highest BCUT2D eigenvalue weighted by Gasteiger charge is 2.75. The number of carboxylic acid groups (broad SMARTS) is 2. The number of rotatable bonds is 3. The second-order valence-corrected chi connectivity index (χ2v) is 2.88. The molecule has 13 heavy (non-hydrogen) atoms. The molecule has 0 spiro atoms. The van der Waals surface area contributed by atoms with Crippen molar-refractivity contribution in [1.29, 1.82) is 0 Å². The van der Waals surface area contributed by atoms with Gasteiger partial charge in [-0.1, -0.05) is 0 Å². The lowest BCUT2D eigenvalue weighted by atomic mass is 10.1. The predicted octanol–water partition coefficient (Wildman–Crippen LogP) is -0.636. The Morgan fingerprint density at radius 2 is 1.85 bits per heavy atom. The molecule has 0 saturated heterocycles. The quantitative estimate of drug-likeness (QED) is 0.556. The molecule has 0 heterocycles. The van der Waals surface area contributed by atoms with Crippen LogP contribution in [0.2, 0.25) is 0 Å². The van der Waals surface area contributed by atoms with E-state index in [9.17, 15) is 18.4 Å². The van der Waals surface area contributed by atoms with Gasteiger partial charge in [0, 0.05) is 0 Å². The third-order valence-corrected chi connectivity index (χ3v) is 2.05. The van der Waals surface area contributed by atoms with E-state index in [-0.39, 0.29) is 0 Å². The molecule has 5 nitrogen and oxygen atoms in total. The fourth-order valence-electron chi connectivity index (χ4n) is 1.27. The molecule has 0 aromatic carbocycles. The molecule has 0 aliphatic heterocycles. The van der Waals surface area contributed by atoms with E-state index >= 15 is 0 Å². The molecule has 74 valence electrons. The van der Waals surface area contributed by atoms with Crippen LogP contribution in [0.3, 0.4) is 0 Å². The van der Waals surface area contributed by atoms with E-state index in [4.69, 9.17) is 15.9 Å². The molecule has 1 aliphatic carbocycles. The fourth-order valence-corrected chi connectivity index (χ4v) is 1.27. The molecule has 1 saturated carbocycles. The highest BCUT2D eigenvalue weighted by molar-refractivity contribution is 5.81. The number of carbonyl (C=O) groups is 2. The highest BCUT2D eigenvalue weighted by atomic mass is 19.3. The monoisotopic (exact) mass is 195 g/mol. The van der Waals surface area contributed by atoms with E-state index in [0.29, 0.717) is 0 Å². The van der Waals surface area contributed by atoms with Crippen LogP contribution in [0.1, 0.15) is 0 Å². The van der Waals surface area contributed by atoms with Crippen molar-refractivity contribution >= 4 is 11.9 Å². The summed E-state index contributed by atoms with van der Waals surface area (Å²) in [6.07, 6.45) is 0. The molecule has 0 amide bonds. The molecule has 7 heteroatoms. The average Bonchev–Trinajstić information content (AvgIpc) is 2.51. The Labute approximate surface area is 71.1 Å². The summed E-state index contributed by atoms with van der Waals surface area (Å²) in [5.41, 5.74) is 4.88. The van der Waals surface area contributed by atoms with Gasteiger partial charge >= 0.3 is 11.9 Å². The molecular weight excluding hydrogens is 188 g/mol. The molecule has 3 atom stereocenters. The van der Waals surface area contributed by atoms with Crippen molar-refractivity contribution in [1.82, 2.24) is 0 Å². The lowest BCUT2D eigenvalue weighted by Gasteiger charge is -2.02. The molecular formula is C6H7F2NO4. The lowest BCUT2D eigenvalue weighted by molar-refractivity contribution is -0.141. The average molecular weight is 195 g/mol. The van der Waals surface area contributed by atoms with Gasteiger partial charge in [0.05, 0.1) is 5.92 Å². The highest BCUT2D eigenvalue weighted by Crippen LogP contribution is 2.56. The largest absolute Gasteiger partial charge is 0.481 e. The minimum absolute atomic E-state index is 1.62. The van der Waals surface area contributed by atoms with Crippen molar-refractivity contribution in [3.8, 4) is 0 Å². The van der Waals surface area contributed by atoms with Gasteiger partial charge in [-0.25, -0.2) is 8.78 Å². The Hall–Kier alpha value is -1.24. The minimum atomic E-state index is -3.50. The summed E-state index contributed by atoms with van der Waals surface area (Å²) in [7, 11) is 0. The molecule has 4 N–H and O–H groups in total. The van der Waals surface area contributed by atoms with E-state index < -0.39 is 35.7 Å². The second-order valence-electron chi connectivity index (χ2n) is 2.88. The van der Waals surface area contributed by atoms with E-state index in [1.54, 1.807) is 0 Å². The smallest absolute Gasteiger partial charge is 0.321 e. The maximum atomic E-state index is 12.6. The van der Waals surface area contributed by atoms with E-state index in [2.05, 4.69) is 0 Å². The van der Waals surface area contributed by atoms with Gasteiger partial charge in [-0.3, -0.25) is 9.59 Å². The standard InChI is InChI=1S/C6H7F2NO4/c7-6(8)1(2(6)4(10)11)3(9)5(12)13/h1-3H,9H2,(H,10,11)(H,12,13)/t1-,2-,3+/m1/s1. The van der Waals surface area contributed by atoms with Crippen molar-refractivity contribution in [3.05, 3.63) is 0 Å². The molecule has 0 bridgehead atoms. The Bertz CT molecular complexity index is 267. The number of hydrogen-bond donors (Lipinski definition) is 3. The third kappa shape index (κ3) is 1.35. The Balaban J connectivity index is 2.76. The number of carboxylic acids is 2. The zero-order valence-corrected chi connectivity index (χ0v) is 6.28. The molecule has 0 radical (unpaired) electrons. The molecule has 0 aromatic rings. The summed E-state index contributed by atoms with van der Waals surface area (Å²) >= 11 is 0. The number of nitrogens with two attached hydrogens (primary N) is 1. The zero-order chi connectivity index (χ0) is 10.4. The molecule has 1 fully saturated rings. The van der Waals surface area contributed by atoms with Crippen molar-refractivity contribution in [2.75, 3.05) is 0 Å². The number of halogens is 2. The Morgan fingerprint density at radius 3 is 2.08 bits per heavy atom. The van der Waals surface area contributed by atoms with Crippen molar-refractivity contribution in [3.63, 3.8) is 0 Å². The van der Waals surface area contributed by atoms with E-state index in [1.807, 2.05) is 0 Å². The van der Waals surface area contributed by atoms with Crippen LogP contribution in [0.15, 0.2) is 0 Å². The third-order valence-electron chi connectivity index (χ3n) is 2.05. The number of alkyl halides is 2. The number of aliphatic carboxylic acids is 2. The van der Waals surface area contributed by atoms with Crippen LogP contribution in [-0.2, 0) is 9.59 Å². The summed E-state index contributed by atoms with van der Waals surface area (Å²) in [5, 5.41) is 16.5. The molecule has 1 aliphatic rings. The van der Waals surface area contributed by atoms with Crippen LogP contribution >= 0.6 is 0 Å². The summed E-state index contributed by atoms with van der Waals surface area (Å²) < 4.78 is 25.2. The van der Waals surface area contributed by atoms with Gasteiger partial charge in [-0.15, -0.1) is 0 Å². The van der Waals surface area contributed by atoms with Gasteiger partial charge < -0.3 is 15.9 Å². The number of hydrogen-bond acceptors (Lipinski definition) is 3. The summed E-state index contributed by atoms with van der Waals surface area (Å²) in [5.74, 6) is -10.6. The summed E-state index contributed by atoms with van der Waals surface area (Å²) in [4.78, 5) is 20.4. The van der Waals surface area contributed by atoms with Crippen LogP contribution in [0.25, 0.3) is 0 Å². The normalized spacial score (nSPS) is 32.2. The Morgan fingerprint density at radius 1 is 1.38 bits per heavy atom. The van der Waals surface area contributed by atoms with Crippen molar-refractivity contribution < 1.29 is 28.6 Å². The van der Waals surface area contributed by atoms with Gasteiger partial charge in [-0.2, -0.15) is 0 Å². The maximum absolute atomic E-state index is 12.6. The first-order valence-corrected chi connectivity index (χ1v) is 3.39. The minimum Gasteiger partial charge on any atom is -0.481 e. The van der Waals surface area contributed by atoms with Gasteiger partial charge in [-0.05, 0) is 0 Å². The first kappa shape index (κ1) is 9.85. The van der Waals surface area contributed by atoms with Gasteiger partial charge in [0.25, 0.3) is 5.92 Å². The van der Waals surface area contributed by atoms with Crippen molar-refractivity contribution in [2.45, 2.75) is 12.0 Å². The molecule has 1 rings (SSSR count). The van der Waals surface area contributed by atoms with Crippen LogP contribution in [0.4, 0.5) is 8.78 Å². The zero-order valence-electron chi connectivity index (χ0n) is 6.28. The van der Waals surface area contributed by atoms with E-state index in [1.165, 1.54) is 0 Å². The lowest BCUT2D eigenvalue weighted by Crippen LogP contribution is -2.34. The van der Waals surface area contributed by atoms with Crippen LogP contribution < -0.4 is 5.73 Å². The molecule has 0 unspecified atom stereocenters. The summed E-state index contributed by atoms with van der Waals surface area (Å²) in [6, 6.07) is -1.82. The van der Waals surface area contributed by atoms with Gasteiger partial charge in [0.1, 0.15) is 12.0 Å². The fraction of sp³-hybridized carbons (Fsp3) is 0.667. The van der Waals surface area contributed by atoms with E-state index in [0.717, 1.165) is 0 Å². The second kappa shape index (κ2) is 2.63. The van der Waals surface area contributed by atoms with Crippen LogP contribution in [0, 0.1) is 11.8 Å². The predicted molar refractivity (Wildman–Crippen MR) is 35.2 cm³/mol. The van der Waals surface area contributed by atoms with Gasteiger partial charge in [0.15, 0.2) is 0 Å². The first-order chi connectivity index (χ1) is 5.80. The first-order valence-electron chi connectivity index (χ1n) is 3.39. The topological polar surface area (TPSA) is 101 Å². The summed E-state index contributed by atoms with van der Waals surface area (Å²) in [6.45, 7) is 0.